The van der Waals surface area contributed by atoms with E-state index in [1.54, 1.807) is 0 Å². The highest BCUT2D eigenvalue weighted by Gasteiger charge is 2.39. The van der Waals surface area contributed by atoms with Gasteiger partial charge in [0.25, 0.3) is 0 Å². The average Bonchev–Trinajstić information content (AvgIpc) is 2.50. The molecule has 2 aromatic rings. The lowest BCUT2D eigenvalue weighted by atomic mass is 9.70. The smallest absolute Gasteiger partial charge is 0.179 e. The molecule has 2 rings (SSSR count). The van der Waals surface area contributed by atoms with Crippen molar-refractivity contribution in [2.45, 2.75) is 32.1 Å². The molecule has 0 atom stereocenters. The summed E-state index contributed by atoms with van der Waals surface area (Å²) in [6, 6.07) is 12.7. The summed E-state index contributed by atoms with van der Waals surface area (Å²) in [7, 11) is 0. The van der Waals surface area contributed by atoms with Crippen LogP contribution < -0.4 is 0 Å². The van der Waals surface area contributed by atoms with E-state index in [2.05, 4.69) is 0 Å². The van der Waals surface area contributed by atoms with Gasteiger partial charge in [0.05, 0.1) is 11.0 Å². The number of hydrogen-bond acceptors (Lipinski definition) is 1. The summed E-state index contributed by atoms with van der Waals surface area (Å²) in [6.07, 6.45) is 0.972. The van der Waals surface area contributed by atoms with Gasteiger partial charge in [-0.25, -0.2) is 8.78 Å². The Morgan fingerprint density at radius 3 is 1.90 bits per heavy atom. The lowest BCUT2D eigenvalue weighted by Crippen LogP contribution is -2.36. The molecule has 0 aliphatic carbocycles. The molecule has 0 amide bonds. The fourth-order valence-electron chi connectivity index (χ4n) is 2.82. The van der Waals surface area contributed by atoms with Gasteiger partial charge >= 0.3 is 0 Å². The summed E-state index contributed by atoms with van der Waals surface area (Å²) in [4.78, 5) is 12.9. The Hall–Kier alpha value is -2.03. The van der Waals surface area contributed by atoms with Crippen LogP contribution in [0.3, 0.4) is 0 Å². The van der Waals surface area contributed by atoms with Gasteiger partial charge in [-0.2, -0.15) is 0 Å². The van der Waals surface area contributed by atoms with Crippen molar-refractivity contribution in [3.63, 3.8) is 0 Å². The van der Waals surface area contributed by atoms with Crippen molar-refractivity contribution in [2.24, 2.45) is 0 Å². The van der Waals surface area contributed by atoms with Gasteiger partial charge in [0, 0.05) is 0 Å². The van der Waals surface area contributed by atoms with Crippen LogP contribution in [-0.4, -0.2) is 5.78 Å². The second-order valence-corrected chi connectivity index (χ2v) is 5.08. The van der Waals surface area contributed by atoms with Crippen molar-refractivity contribution in [3.05, 3.63) is 71.3 Å². The van der Waals surface area contributed by atoms with Crippen LogP contribution in [0, 0.1) is 11.6 Å². The van der Waals surface area contributed by atoms with Crippen molar-refractivity contribution in [2.75, 3.05) is 0 Å². The number of halogens is 2. The van der Waals surface area contributed by atoms with Crippen LogP contribution in [0.1, 0.15) is 42.6 Å². The van der Waals surface area contributed by atoms with E-state index >= 15 is 0 Å². The zero-order valence-electron chi connectivity index (χ0n) is 12.2. The van der Waals surface area contributed by atoms with Crippen LogP contribution in [0.25, 0.3) is 0 Å². The summed E-state index contributed by atoms with van der Waals surface area (Å²) in [6.45, 7) is 3.74. The van der Waals surface area contributed by atoms with Gasteiger partial charge in [0.15, 0.2) is 5.78 Å². The molecule has 0 saturated heterocycles. The topological polar surface area (TPSA) is 17.1 Å². The number of carbonyl (C=O) groups is 1. The summed E-state index contributed by atoms with van der Waals surface area (Å²) >= 11 is 0. The fourth-order valence-corrected chi connectivity index (χ4v) is 2.82. The minimum atomic E-state index is -0.899. The van der Waals surface area contributed by atoms with Gasteiger partial charge in [-0.3, -0.25) is 4.79 Å². The fraction of sp³-hybridized carbons (Fsp3) is 0.278. The standard InChI is InChI=1S/C18H18F2O/c1-3-18(4-2,13-9-6-5-7-10-13)17(21)16-14(19)11-8-12-15(16)20/h5-12H,3-4H2,1-2H3. The first-order valence-electron chi connectivity index (χ1n) is 7.11. The van der Waals surface area contributed by atoms with Crippen molar-refractivity contribution in [1.29, 1.82) is 0 Å². The van der Waals surface area contributed by atoms with Crippen LogP contribution in [0.15, 0.2) is 48.5 Å². The molecule has 1 nitrogen and oxygen atoms in total. The van der Waals surface area contributed by atoms with Crippen LogP contribution in [0.4, 0.5) is 8.78 Å². The molecule has 2 aromatic carbocycles. The number of ketones is 1. The first-order chi connectivity index (χ1) is 10.1. The predicted molar refractivity (Wildman–Crippen MR) is 79.4 cm³/mol. The van der Waals surface area contributed by atoms with Crippen molar-refractivity contribution >= 4 is 5.78 Å². The van der Waals surface area contributed by atoms with E-state index in [4.69, 9.17) is 0 Å². The van der Waals surface area contributed by atoms with Crippen LogP contribution in [0.2, 0.25) is 0 Å². The minimum Gasteiger partial charge on any atom is -0.293 e. The van der Waals surface area contributed by atoms with Gasteiger partial charge in [-0.1, -0.05) is 50.2 Å². The Morgan fingerprint density at radius 2 is 1.43 bits per heavy atom. The molecule has 0 saturated carbocycles. The summed E-state index contributed by atoms with van der Waals surface area (Å²) < 4.78 is 27.9. The summed E-state index contributed by atoms with van der Waals surface area (Å²) in [5.74, 6) is -2.10. The third-order valence-corrected chi connectivity index (χ3v) is 4.16. The molecule has 21 heavy (non-hydrogen) atoms. The molecule has 0 bridgehead atoms. The summed E-state index contributed by atoms with van der Waals surface area (Å²) in [5, 5.41) is 0. The van der Waals surface area contributed by atoms with E-state index in [1.165, 1.54) is 6.07 Å². The maximum Gasteiger partial charge on any atom is 0.179 e. The molecule has 0 aliphatic heterocycles. The van der Waals surface area contributed by atoms with Crippen LogP contribution in [-0.2, 0) is 5.41 Å². The third-order valence-electron chi connectivity index (χ3n) is 4.16. The molecule has 0 aliphatic rings. The van der Waals surface area contributed by atoms with Gasteiger partial charge < -0.3 is 0 Å². The molecular formula is C18H18F2O. The molecule has 110 valence electrons. The number of benzene rings is 2. The first-order valence-corrected chi connectivity index (χ1v) is 7.11. The van der Waals surface area contributed by atoms with Crippen molar-refractivity contribution in [1.82, 2.24) is 0 Å². The van der Waals surface area contributed by atoms with Crippen molar-refractivity contribution < 1.29 is 13.6 Å². The second-order valence-electron chi connectivity index (χ2n) is 5.08. The lowest BCUT2D eigenvalue weighted by Gasteiger charge is -2.31. The van der Waals surface area contributed by atoms with Crippen molar-refractivity contribution in [3.8, 4) is 0 Å². The molecule has 0 radical (unpaired) electrons. The van der Waals surface area contributed by atoms with Crippen LogP contribution in [0.5, 0.6) is 0 Å². The molecule has 0 N–H and O–H groups in total. The Bertz CT molecular complexity index is 611. The highest BCUT2D eigenvalue weighted by molar-refractivity contribution is 6.04. The Kier molecular flexibility index (Phi) is 4.51. The van der Waals surface area contributed by atoms with E-state index < -0.39 is 28.4 Å². The number of Topliss-reactive ketones (excluding diaryl/α,β-unsaturated/α-hetero) is 1. The zero-order valence-corrected chi connectivity index (χ0v) is 12.2. The van der Waals surface area contributed by atoms with Gasteiger partial charge in [-0.05, 0) is 30.5 Å². The first kappa shape index (κ1) is 15.4. The van der Waals surface area contributed by atoms with Gasteiger partial charge in [0.1, 0.15) is 11.6 Å². The highest BCUT2D eigenvalue weighted by atomic mass is 19.1. The molecule has 0 spiro atoms. The monoisotopic (exact) mass is 288 g/mol. The van der Waals surface area contributed by atoms with E-state index in [-0.39, 0.29) is 0 Å². The molecule has 0 unspecified atom stereocenters. The van der Waals surface area contributed by atoms with Gasteiger partial charge in [0.2, 0.25) is 0 Å². The highest BCUT2D eigenvalue weighted by Crippen LogP contribution is 2.36. The van der Waals surface area contributed by atoms with E-state index in [9.17, 15) is 13.6 Å². The number of hydrogen-bond donors (Lipinski definition) is 0. The Labute approximate surface area is 123 Å². The number of carbonyl (C=O) groups excluding carboxylic acids is 1. The zero-order chi connectivity index (χ0) is 15.5. The third kappa shape index (κ3) is 2.60. The molecule has 0 heterocycles. The SMILES string of the molecule is CCC(CC)(C(=O)c1c(F)cccc1F)c1ccccc1. The minimum absolute atomic E-state index is 0.440. The molecular weight excluding hydrogens is 270 g/mol. The van der Waals surface area contributed by atoms with E-state index in [0.29, 0.717) is 12.8 Å². The van der Waals surface area contributed by atoms with Gasteiger partial charge in [-0.15, -0.1) is 0 Å². The van der Waals surface area contributed by atoms with E-state index in [0.717, 1.165) is 17.7 Å². The Balaban J connectivity index is 2.61. The number of rotatable bonds is 5. The lowest BCUT2D eigenvalue weighted by molar-refractivity contribution is 0.0864. The van der Waals surface area contributed by atoms with Crippen LogP contribution >= 0.6 is 0 Å². The predicted octanol–water partition coefficient (Wildman–Crippen LogP) is 4.91. The van der Waals surface area contributed by atoms with E-state index in [1.807, 2.05) is 44.2 Å². The maximum absolute atomic E-state index is 14.0. The molecule has 0 aromatic heterocycles. The molecule has 0 fully saturated rings. The maximum atomic E-state index is 14.0. The average molecular weight is 288 g/mol. The quantitative estimate of drug-likeness (QED) is 0.715. The molecule has 3 heteroatoms. The second kappa shape index (κ2) is 6.17. The normalized spacial score (nSPS) is 11.4. The summed E-state index contributed by atoms with van der Waals surface area (Å²) in [5.41, 5.74) is -0.544. The largest absolute Gasteiger partial charge is 0.293 e. The Morgan fingerprint density at radius 1 is 0.905 bits per heavy atom.